The summed E-state index contributed by atoms with van der Waals surface area (Å²) >= 11 is 1.84. The molecule has 2 heterocycles. The maximum atomic E-state index is 12.9. The van der Waals surface area contributed by atoms with Gasteiger partial charge in [0.15, 0.2) is 0 Å². The summed E-state index contributed by atoms with van der Waals surface area (Å²) in [7, 11) is -3.51. The van der Waals surface area contributed by atoms with E-state index in [-0.39, 0.29) is 11.4 Å². The van der Waals surface area contributed by atoms with Crippen molar-refractivity contribution in [3.05, 3.63) is 17.1 Å². The van der Waals surface area contributed by atoms with Crippen LogP contribution in [0.5, 0.6) is 0 Å². The minimum absolute atomic E-state index is 0.178. The quantitative estimate of drug-likeness (QED) is 0.917. The van der Waals surface area contributed by atoms with Gasteiger partial charge >= 0.3 is 0 Å². The molecule has 2 rings (SSSR count). The fourth-order valence-corrected chi connectivity index (χ4v) is 5.87. The number of nitrogens with two attached hydrogens (primary N) is 1. The lowest BCUT2D eigenvalue weighted by Crippen LogP contribution is -2.42. The first-order chi connectivity index (χ1) is 9.41. The molecule has 1 aromatic rings. The molecule has 5 nitrogen and oxygen atoms in total. The zero-order valence-corrected chi connectivity index (χ0v) is 13.8. The highest BCUT2D eigenvalue weighted by molar-refractivity contribution is 8.00. The van der Waals surface area contributed by atoms with Crippen LogP contribution in [0.2, 0.25) is 0 Å². The minimum Gasteiger partial charge on any atom is -0.465 e. The van der Waals surface area contributed by atoms with Gasteiger partial charge in [-0.25, -0.2) is 8.42 Å². The van der Waals surface area contributed by atoms with E-state index in [0.717, 1.165) is 12.2 Å². The van der Waals surface area contributed by atoms with Gasteiger partial charge in [0, 0.05) is 36.2 Å². The number of aryl methyl sites for hydroxylation is 2. The SMILES string of the molecule is CCC1CN(S(=O)(=O)c2c(C)oc(C)c2CN)CCS1. The van der Waals surface area contributed by atoms with Crippen molar-refractivity contribution in [3.63, 3.8) is 0 Å². The zero-order chi connectivity index (χ0) is 14.9. The van der Waals surface area contributed by atoms with E-state index in [0.29, 0.717) is 35.4 Å². The van der Waals surface area contributed by atoms with Crippen LogP contribution in [0.25, 0.3) is 0 Å². The van der Waals surface area contributed by atoms with Crippen molar-refractivity contribution >= 4 is 21.8 Å². The third kappa shape index (κ3) is 2.77. The fourth-order valence-electron chi connectivity index (χ4n) is 2.57. The van der Waals surface area contributed by atoms with Gasteiger partial charge in [0.1, 0.15) is 16.4 Å². The van der Waals surface area contributed by atoms with Crippen LogP contribution >= 0.6 is 11.8 Å². The van der Waals surface area contributed by atoms with Crippen LogP contribution < -0.4 is 5.73 Å². The van der Waals surface area contributed by atoms with E-state index in [9.17, 15) is 8.42 Å². The van der Waals surface area contributed by atoms with Crippen molar-refractivity contribution in [2.75, 3.05) is 18.8 Å². The van der Waals surface area contributed by atoms with Gasteiger partial charge in [-0.15, -0.1) is 0 Å². The highest BCUT2D eigenvalue weighted by Gasteiger charge is 2.34. The highest BCUT2D eigenvalue weighted by atomic mass is 32.2. The van der Waals surface area contributed by atoms with Crippen LogP contribution in [0.15, 0.2) is 9.31 Å². The Kier molecular flexibility index (Phi) is 4.84. The molecule has 1 aliphatic rings. The summed E-state index contributed by atoms with van der Waals surface area (Å²) in [5.74, 6) is 1.88. The van der Waals surface area contributed by atoms with Gasteiger partial charge in [0.25, 0.3) is 0 Å². The van der Waals surface area contributed by atoms with Crippen LogP contribution in [0.1, 0.15) is 30.4 Å². The average Bonchev–Trinajstić information content (AvgIpc) is 2.73. The van der Waals surface area contributed by atoms with Crippen molar-refractivity contribution in [2.45, 2.75) is 43.9 Å². The normalized spacial score (nSPS) is 21.3. The van der Waals surface area contributed by atoms with Crippen LogP contribution in [0.4, 0.5) is 0 Å². The number of furan rings is 1. The molecule has 114 valence electrons. The second-order valence-corrected chi connectivity index (χ2v) is 8.27. The van der Waals surface area contributed by atoms with E-state index in [1.165, 1.54) is 0 Å². The minimum atomic E-state index is -3.51. The second kappa shape index (κ2) is 6.09. The Morgan fingerprint density at radius 3 is 2.70 bits per heavy atom. The molecular formula is C13H22N2O3S2. The zero-order valence-electron chi connectivity index (χ0n) is 12.2. The van der Waals surface area contributed by atoms with E-state index in [1.54, 1.807) is 18.2 Å². The van der Waals surface area contributed by atoms with Gasteiger partial charge in [0.2, 0.25) is 10.0 Å². The lowest BCUT2D eigenvalue weighted by molar-refractivity contribution is 0.413. The highest BCUT2D eigenvalue weighted by Crippen LogP contribution is 2.32. The monoisotopic (exact) mass is 318 g/mol. The summed E-state index contributed by atoms with van der Waals surface area (Å²) in [6.45, 7) is 6.84. The Morgan fingerprint density at radius 1 is 1.40 bits per heavy atom. The first kappa shape index (κ1) is 15.9. The Bertz CT molecular complexity index is 581. The molecule has 20 heavy (non-hydrogen) atoms. The Hall–Kier alpha value is -0.500. The van der Waals surface area contributed by atoms with Crippen LogP contribution in [0.3, 0.4) is 0 Å². The Morgan fingerprint density at radius 2 is 2.10 bits per heavy atom. The van der Waals surface area contributed by atoms with Gasteiger partial charge < -0.3 is 10.2 Å². The lowest BCUT2D eigenvalue weighted by atomic mass is 10.2. The fraction of sp³-hybridized carbons (Fsp3) is 0.692. The molecule has 1 fully saturated rings. The predicted octanol–water partition coefficient (Wildman–Crippen LogP) is 1.87. The molecule has 1 aromatic heterocycles. The molecule has 0 bridgehead atoms. The first-order valence-corrected chi connectivity index (χ1v) is 9.31. The molecule has 0 aromatic carbocycles. The molecule has 0 spiro atoms. The number of thioether (sulfide) groups is 1. The first-order valence-electron chi connectivity index (χ1n) is 6.82. The van der Waals surface area contributed by atoms with E-state index in [2.05, 4.69) is 6.92 Å². The molecule has 1 aliphatic heterocycles. The van der Waals surface area contributed by atoms with Crippen molar-refractivity contribution in [1.29, 1.82) is 0 Å². The summed E-state index contributed by atoms with van der Waals surface area (Å²) in [5, 5.41) is 0.369. The third-order valence-corrected chi connectivity index (χ3v) is 7.12. The summed E-state index contributed by atoms with van der Waals surface area (Å²) in [4.78, 5) is 0.277. The van der Waals surface area contributed by atoms with Crippen LogP contribution in [-0.4, -0.2) is 36.8 Å². The molecular weight excluding hydrogens is 296 g/mol. The predicted molar refractivity (Wildman–Crippen MR) is 81.4 cm³/mol. The second-order valence-electron chi connectivity index (χ2n) is 4.99. The molecule has 0 amide bonds. The smallest absolute Gasteiger partial charge is 0.246 e. The van der Waals surface area contributed by atoms with Gasteiger partial charge in [0.05, 0.1) is 0 Å². The topological polar surface area (TPSA) is 76.5 Å². The Labute approximate surface area is 124 Å². The van der Waals surface area contributed by atoms with Gasteiger partial charge in [-0.2, -0.15) is 16.1 Å². The number of nitrogens with zero attached hydrogens (tertiary/aromatic N) is 1. The molecule has 1 atom stereocenters. The lowest BCUT2D eigenvalue weighted by Gasteiger charge is -2.31. The average molecular weight is 318 g/mol. The van der Waals surface area contributed by atoms with E-state index < -0.39 is 10.0 Å². The van der Waals surface area contributed by atoms with Crippen molar-refractivity contribution in [3.8, 4) is 0 Å². The largest absolute Gasteiger partial charge is 0.465 e. The van der Waals surface area contributed by atoms with Gasteiger partial charge in [-0.05, 0) is 20.3 Å². The molecule has 2 N–H and O–H groups in total. The summed E-state index contributed by atoms with van der Waals surface area (Å²) < 4.78 is 32.8. The summed E-state index contributed by atoms with van der Waals surface area (Å²) in [6, 6.07) is 0. The van der Waals surface area contributed by atoms with Crippen molar-refractivity contribution < 1.29 is 12.8 Å². The Balaban J connectivity index is 2.40. The van der Waals surface area contributed by atoms with E-state index >= 15 is 0 Å². The number of sulfonamides is 1. The van der Waals surface area contributed by atoms with E-state index in [1.807, 2.05) is 11.8 Å². The number of hydrogen-bond acceptors (Lipinski definition) is 5. The summed E-state index contributed by atoms with van der Waals surface area (Å²) in [5.41, 5.74) is 6.30. The van der Waals surface area contributed by atoms with Crippen LogP contribution in [-0.2, 0) is 16.6 Å². The molecule has 0 saturated carbocycles. The third-order valence-electron chi connectivity index (χ3n) is 3.68. The molecule has 1 saturated heterocycles. The van der Waals surface area contributed by atoms with Crippen molar-refractivity contribution in [2.24, 2.45) is 5.73 Å². The maximum Gasteiger partial charge on any atom is 0.246 e. The van der Waals surface area contributed by atoms with Crippen molar-refractivity contribution in [1.82, 2.24) is 4.31 Å². The number of rotatable bonds is 4. The molecule has 7 heteroatoms. The maximum absolute atomic E-state index is 12.9. The summed E-state index contributed by atoms with van der Waals surface area (Å²) in [6.07, 6.45) is 0.976. The van der Waals surface area contributed by atoms with Gasteiger partial charge in [-0.1, -0.05) is 6.92 Å². The van der Waals surface area contributed by atoms with Gasteiger partial charge in [-0.3, -0.25) is 0 Å². The molecule has 1 unspecified atom stereocenters. The van der Waals surface area contributed by atoms with Crippen LogP contribution in [0, 0.1) is 13.8 Å². The molecule has 0 aliphatic carbocycles. The number of hydrogen-bond donors (Lipinski definition) is 1. The standard InChI is InChI=1S/C13H22N2O3S2/c1-4-11-8-15(5-6-19-11)20(16,17)13-10(3)18-9(2)12(13)7-14/h11H,4-8,14H2,1-3H3. The van der Waals surface area contributed by atoms with E-state index in [4.69, 9.17) is 10.2 Å². The molecule has 0 radical (unpaired) electrons.